The Balaban J connectivity index is 1.91. The van der Waals surface area contributed by atoms with Gasteiger partial charge in [0.15, 0.2) is 16.6 Å². The van der Waals surface area contributed by atoms with E-state index in [0.29, 0.717) is 45.8 Å². The summed E-state index contributed by atoms with van der Waals surface area (Å²) < 4.78 is 16.0. The summed E-state index contributed by atoms with van der Waals surface area (Å²) in [4.78, 5) is 12.4. The Labute approximate surface area is 172 Å². The van der Waals surface area contributed by atoms with Crippen molar-refractivity contribution < 1.29 is 19.0 Å². The number of hydrogen-bond acceptors (Lipinski definition) is 5. The number of hydrazine groups is 1. The highest BCUT2D eigenvalue weighted by atomic mass is 32.1. The minimum Gasteiger partial charge on any atom is -0.493 e. The van der Waals surface area contributed by atoms with Crippen LogP contribution in [0.15, 0.2) is 12.1 Å². The molecule has 1 aromatic rings. The Morgan fingerprint density at radius 1 is 1.07 bits per heavy atom. The molecule has 0 spiro atoms. The molecule has 1 fully saturated rings. The number of hydrogen-bond donors (Lipinski definition) is 3. The molecule has 0 aromatic heterocycles. The monoisotopic (exact) mass is 409 g/mol. The molecule has 156 valence electrons. The summed E-state index contributed by atoms with van der Waals surface area (Å²) in [5, 5.41) is 3.75. The highest BCUT2D eigenvalue weighted by molar-refractivity contribution is 7.80. The molecule has 0 bridgehead atoms. The summed E-state index contributed by atoms with van der Waals surface area (Å²) in [7, 11) is 4.61. The van der Waals surface area contributed by atoms with Crippen molar-refractivity contribution >= 4 is 23.2 Å². The summed E-state index contributed by atoms with van der Waals surface area (Å²) in [6.45, 7) is 4.51. The standard InChI is InChI=1S/C20H31N3O4S/c1-12-7-6-8-15(13(12)2)21-20(28)23-22-17(24)11-14-9-10-16(25-3)19(27-5)18(14)26-4/h9-10,12-13,15H,6-8,11H2,1-5H3,(H,22,24)(H2,21,23,28)/t12-,13+,15-/m0/s1. The molecular formula is C20H31N3O4S. The van der Waals surface area contributed by atoms with Crippen molar-refractivity contribution in [3.63, 3.8) is 0 Å². The molecule has 0 radical (unpaired) electrons. The van der Waals surface area contributed by atoms with Gasteiger partial charge in [0, 0.05) is 11.6 Å². The van der Waals surface area contributed by atoms with Crippen molar-refractivity contribution in [3.8, 4) is 17.2 Å². The molecule has 0 aliphatic heterocycles. The Hall–Kier alpha value is -2.22. The Kier molecular flexibility index (Phi) is 8.17. The molecule has 0 heterocycles. The Morgan fingerprint density at radius 2 is 1.79 bits per heavy atom. The van der Waals surface area contributed by atoms with E-state index in [1.54, 1.807) is 19.2 Å². The van der Waals surface area contributed by atoms with Gasteiger partial charge in [-0.05, 0) is 36.5 Å². The molecule has 1 aromatic carbocycles. The molecule has 1 amide bonds. The predicted octanol–water partition coefficient (Wildman–Crippen LogP) is 2.57. The van der Waals surface area contributed by atoms with Crippen LogP contribution in [0.4, 0.5) is 0 Å². The third-order valence-electron chi connectivity index (χ3n) is 5.48. The maximum Gasteiger partial charge on any atom is 0.242 e. The van der Waals surface area contributed by atoms with E-state index in [-0.39, 0.29) is 12.3 Å². The third kappa shape index (κ3) is 5.41. The molecular weight excluding hydrogens is 378 g/mol. The van der Waals surface area contributed by atoms with Gasteiger partial charge in [-0.2, -0.15) is 0 Å². The predicted molar refractivity (Wildman–Crippen MR) is 113 cm³/mol. The van der Waals surface area contributed by atoms with Crippen LogP contribution in [0, 0.1) is 11.8 Å². The summed E-state index contributed by atoms with van der Waals surface area (Å²) in [6.07, 6.45) is 3.64. The lowest BCUT2D eigenvalue weighted by Gasteiger charge is -2.35. The summed E-state index contributed by atoms with van der Waals surface area (Å²) in [5.74, 6) is 2.45. The number of thiocarbonyl (C=S) groups is 1. The highest BCUT2D eigenvalue weighted by Crippen LogP contribution is 2.39. The minimum absolute atomic E-state index is 0.107. The average Bonchev–Trinajstić information content (AvgIpc) is 2.69. The number of ether oxygens (including phenoxy) is 3. The van der Waals surface area contributed by atoms with E-state index in [2.05, 4.69) is 30.0 Å². The van der Waals surface area contributed by atoms with Gasteiger partial charge in [-0.3, -0.25) is 15.6 Å². The first-order valence-electron chi connectivity index (χ1n) is 9.54. The second-order valence-electron chi connectivity index (χ2n) is 7.19. The van der Waals surface area contributed by atoms with Gasteiger partial charge in [0.25, 0.3) is 0 Å². The zero-order valence-electron chi connectivity index (χ0n) is 17.3. The van der Waals surface area contributed by atoms with Crippen molar-refractivity contribution in [1.29, 1.82) is 0 Å². The minimum atomic E-state index is -0.236. The summed E-state index contributed by atoms with van der Waals surface area (Å²) in [6, 6.07) is 3.85. The van der Waals surface area contributed by atoms with Gasteiger partial charge in [-0.15, -0.1) is 0 Å². The fourth-order valence-corrected chi connectivity index (χ4v) is 3.84. The quantitative estimate of drug-likeness (QED) is 0.492. The van der Waals surface area contributed by atoms with Crippen molar-refractivity contribution in [2.45, 2.75) is 45.6 Å². The van der Waals surface area contributed by atoms with Gasteiger partial charge >= 0.3 is 0 Å². The van der Waals surface area contributed by atoms with E-state index in [1.807, 2.05) is 0 Å². The smallest absolute Gasteiger partial charge is 0.242 e. The van der Waals surface area contributed by atoms with Gasteiger partial charge in [0.2, 0.25) is 11.7 Å². The zero-order chi connectivity index (χ0) is 20.7. The SMILES string of the molecule is COc1ccc(CC(=O)NNC(=S)N[C@H]2CCC[C@H](C)[C@H]2C)c(OC)c1OC. The third-order valence-corrected chi connectivity index (χ3v) is 5.70. The lowest BCUT2D eigenvalue weighted by Crippen LogP contribution is -2.52. The van der Waals surface area contributed by atoms with E-state index in [4.69, 9.17) is 26.4 Å². The molecule has 8 heteroatoms. The second-order valence-corrected chi connectivity index (χ2v) is 7.60. The van der Waals surface area contributed by atoms with Crippen LogP contribution in [-0.4, -0.2) is 38.4 Å². The van der Waals surface area contributed by atoms with Crippen LogP contribution >= 0.6 is 12.2 Å². The van der Waals surface area contributed by atoms with Crippen LogP contribution in [0.2, 0.25) is 0 Å². The van der Waals surface area contributed by atoms with E-state index in [9.17, 15) is 4.79 Å². The van der Waals surface area contributed by atoms with Gasteiger partial charge in [-0.25, -0.2) is 0 Å². The maximum atomic E-state index is 12.4. The van der Waals surface area contributed by atoms with Crippen molar-refractivity contribution in [1.82, 2.24) is 16.2 Å². The van der Waals surface area contributed by atoms with Crippen LogP contribution < -0.4 is 30.4 Å². The molecule has 0 saturated heterocycles. The van der Waals surface area contributed by atoms with Crippen LogP contribution in [0.25, 0.3) is 0 Å². The molecule has 1 saturated carbocycles. The summed E-state index contributed by atoms with van der Waals surface area (Å²) >= 11 is 5.33. The maximum absolute atomic E-state index is 12.4. The molecule has 3 N–H and O–H groups in total. The molecule has 1 aliphatic carbocycles. The molecule has 1 aliphatic rings. The van der Waals surface area contributed by atoms with Crippen LogP contribution in [-0.2, 0) is 11.2 Å². The zero-order valence-corrected chi connectivity index (χ0v) is 18.1. The molecule has 3 atom stereocenters. The van der Waals surface area contributed by atoms with Gasteiger partial charge in [-0.1, -0.05) is 32.8 Å². The molecule has 28 heavy (non-hydrogen) atoms. The second kappa shape index (κ2) is 10.4. The first-order valence-corrected chi connectivity index (χ1v) is 9.95. The number of amides is 1. The van der Waals surface area contributed by atoms with Crippen LogP contribution in [0.3, 0.4) is 0 Å². The first kappa shape index (κ1) is 22.1. The molecule has 0 unspecified atom stereocenters. The number of nitrogens with one attached hydrogen (secondary N) is 3. The number of methoxy groups -OCH3 is 3. The number of rotatable bonds is 6. The van der Waals surface area contributed by atoms with E-state index in [1.165, 1.54) is 27.1 Å². The molecule has 7 nitrogen and oxygen atoms in total. The normalized spacial score (nSPS) is 21.4. The van der Waals surface area contributed by atoms with E-state index < -0.39 is 0 Å². The first-order chi connectivity index (χ1) is 13.4. The fourth-order valence-electron chi connectivity index (χ4n) is 3.64. The lowest BCUT2D eigenvalue weighted by atomic mass is 9.78. The largest absolute Gasteiger partial charge is 0.493 e. The van der Waals surface area contributed by atoms with Crippen molar-refractivity contribution in [2.24, 2.45) is 11.8 Å². The molecule has 2 rings (SSSR count). The number of carbonyl (C=O) groups is 1. The van der Waals surface area contributed by atoms with E-state index in [0.717, 1.165) is 6.42 Å². The fraction of sp³-hybridized carbons (Fsp3) is 0.600. The van der Waals surface area contributed by atoms with Crippen molar-refractivity contribution in [3.05, 3.63) is 17.7 Å². The van der Waals surface area contributed by atoms with Gasteiger partial charge < -0.3 is 19.5 Å². The number of benzene rings is 1. The Bertz CT molecular complexity index is 698. The number of carbonyl (C=O) groups excluding carboxylic acids is 1. The Morgan fingerprint density at radius 3 is 2.43 bits per heavy atom. The average molecular weight is 410 g/mol. The van der Waals surface area contributed by atoms with E-state index >= 15 is 0 Å². The van der Waals surface area contributed by atoms with Crippen LogP contribution in [0.5, 0.6) is 17.2 Å². The van der Waals surface area contributed by atoms with Crippen LogP contribution in [0.1, 0.15) is 38.7 Å². The summed E-state index contributed by atoms with van der Waals surface area (Å²) in [5.41, 5.74) is 6.13. The van der Waals surface area contributed by atoms with Gasteiger partial charge in [0.05, 0.1) is 27.8 Å². The topological polar surface area (TPSA) is 80.9 Å². The van der Waals surface area contributed by atoms with Gasteiger partial charge in [0.1, 0.15) is 0 Å². The highest BCUT2D eigenvalue weighted by Gasteiger charge is 2.27. The van der Waals surface area contributed by atoms with Crippen molar-refractivity contribution in [2.75, 3.05) is 21.3 Å². The lowest BCUT2D eigenvalue weighted by molar-refractivity contribution is -0.121.